The molecule has 5 nitrogen and oxygen atoms in total. The van der Waals surface area contributed by atoms with Crippen LogP contribution in [-0.4, -0.2) is 47.7 Å². The third-order valence-corrected chi connectivity index (χ3v) is 3.39. The normalized spacial score (nSPS) is 22.3. The van der Waals surface area contributed by atoms with E-state index in [4.69, 9.17) is 9.47 Å². The average Bonchev–Trinajstić information content (AvgIpc) is 2.63. The lowest BCUT2D eigenvalue weighted by Gasteiger charge is -2.30. The molecule has 1 aliphatic rings. The second-order valence-corrected chi connectivity index (χ2v) is 6.72. The van der Waals surface area contributed by atoms with Crippen molar-refractivity contribution in [3.8, 4) is 0 Å². The molecule has 7 heteroatoms. The highest BCUT2D eigenvalue weighted by Crippen LogP contribution is 2.37. The Hall–Kier alpha value is -1.40. The molecule has 22 heavy (non-hydrogen) atoms. The highest BCUT2D eigenvalue weighted by Gasteiger charge is 2.50. The summed E-state index contributed by atoms with van der Waals surface area (Å²) in [5, 5.41) is 0. The molecule has 0 saturated carbocycles. The maximum absolute atomic E-state index is 13.7. The molecule has 0 aromatic carbocycles. The zero-order valence-corrected chi connectivity index (χ0v) is 13.8. The minimum absolute atomic E-state index is 0.00607. The highest BCUT2D eigenvalue weighted by atomic mass is 19.3. The molecule has 0 radical (unpaired) electrons. The smallest absolute Gasteiger partial charge is 0.410 e. The van der Waals surface area contributed by atoms with Crippen LogP contribution in [0.1, 0.15) is 47.5 Å². The van der Waals surface area contributed by atoms with E-state index in [-0.39, 0.29) is 13.0 Å². The van der Waals surface area contributed by atoms with Gasteiger partial charge >= 0.3 is 12.1 Å². The van der Waals surface area contributed by atoms with Crippen molar-refractivity contribution in [1.29, 1.82) is 0 Å². The van der Waals surface area contributed by atoms with Crippen molar-refractivity contribution in [1.82, 2.24) is 4.90 Å². The first kappa shape index (κ1) is 18.6. The summed E-state index contributed by atoms with van der Waals surface area (Å²) in [6.45, 7) is 7.93. The molecular weight excluding hydrogens is 296 g/mol. The first-order valence-corrected chi connectivity index (χ1v) is 7.48. The van der Waals surface area contributed by atoms with Gasteiger partial charge in [-0.25, -0.2) is 13.6 Å². The first-order chi connectivity index (χ1) is 9.95. The molecule has 1 unspecified atom stereocenters. The summed E-state index contributed by atoms with van der Waals surface area (Å²) in [6.07, 6.45) is -1.24. The van der Waals surface area contributed by atoms with Crippen molar-refractivity contribution in [2.75, 3.05) is 13.2 Å². The van der Waals surface area contributed by atoms with Crippen molar-refractivity contribution in [2.45, 2.75) is 65.0 Å². The fourth-order valence-electron chi connectivity index (χ4n) is 2.49. The summed E-state index contributed by atoms with van der Waals surface area (Å²) in [7, 11) is 0. The quantitative estimate of drug-likeness (QED) is 0.746. The van der Waals surface area contributed by atoms with Crippen LogP contribution in [-0.2, 0) is 14.3 Å². The first-order valence-electron chi connectivity index (χ1n) is 7.48. The van der Waals surface area contributed by atoms with Gasteiger partial charge in [0.05, 0.1) is 19.6 Å². The second kappa shape index (κ2) is 6.79. The van der Waals surface area contributed by atoms with Gasteiger partial charge in [-0.05, 0) is 33.6 Å². The van der Waals surface area contributed by atoms with Crippen molar-refractivity contribution in [3.63, 3.8) is 0 Å². The zero-order valence-electron chi connectivity index (χ0n) is 13.8. The van der Waals surface area contributed by atoms with Gasteiger partial charge in [-0.15, -0.1) is 0 Å². The Labute approximate surface area is 129 Å². The lowest BCUT2D eigenvalue weighted by Crippen LogP contribution is -2.43. The van der Waals surface area contributed by atoms with E-state index in [9.17, 15) is 18.4 Å². The third kappa shape index (κ3) is 5.42. The molecule has 0 spiro atoms. The monoisotopic (exact) mass is 321 g/mol. The van der Waals surface area contributed by atoms with E-state index in [1.807, 2.05) is 0 Å². The summed E-state index contributed by atoms with van der Waals surface area (Å²) < 4.78 is 37.5. The fourth-order valence-corrected chi connectivity index (χ4v) is 2.49. The van der Waals surface area contributed by atoms with Gasteiger partial charge in [0.1, 0.15) is 5.60 Å². The minimum Gasteiger partial charge on any atom is -0.466 e. The Balaban J connectivity index is 2.80. The Morgan fingerprint density at radius 1 is 1.36 bits per heavy atom. The maximum Gasteiger partial charge on any atom is 0.410 e. The number of hydrogen-bond donors (Lipinski definition) is 0. The molecule has 1 rings (SSSR count). The van der Waals surface area contributed by atoms with E-state index in [1.165, 1.54) is 0 Å². The maximum atomic E-state index is 13.7. The lowest BCUT2D eigenvalue weighted by molar-refractivity contribution is -0.144. The molecule has 1 aliphatic heterocycles. The van der Waals surface area contributed by atoms with Gasteiger partial charge in [-0.1, -0.05) is 6.92 Å². The van der Waals surface area contributed by atoms with Crippen LogP contribution in [0.3, 0.4) is 0 Å². The van der Waals surface area contributed by atoms with Gasteiger partial charge in [-0.3, -0.25) is 9.69 Å². The summed E-state index contributed by atoms with van der Waals surface area (Å²) in [4.78, 5) is 24.7. The van der Waals surface area contributed by atoms with E-state index in [2.05, 4.69) is 0 Å². The molecule has 0 bridgehead atoms. The van der Waals surface area contributed by atoms with Crippen LogP contribution in [0.25, 0.3) is 0 Å². The summed E-state index contributed by atoms with van der Waals surface area (Å²) in [5.74, 6) is -3.85. The number of likely N-dealkylation sites (tertiary alicyclic amines) is 1. The number of carbonyl (C=O) groups is 2. The van der Waals surface area contributed by atoms with Crippen molar-refractivity contribution in [3.05, 3.63) is 0 Å². The molecule has 1 heterocycles. The van der Waals surface area contributed by atoms with Crippen LogP contribution < -0.4 is 0 Å². The number of alkyl halides is 2. The van der Waals surface area contributed by atoms with Crippen molar-refractivity contribution in [2.24, 2.45) is 5.92 Å². The number of carbonyl (C=O) groups excluding carboxylic acids is 2. The number of nitrogens with zero attached hydrogens (tertiary/aromatic N) is 1. The van der Waals surface area contributed by atoms with Crippen LogP contribution in [0, 0.1) is 5.92 Å². The Morgan fingerprint density at radius 2 is 1.95 bits per heavy atom. The largest absolute Gasteiger partial charge is 0.466 e. The van der Waals surface area contributed by atoms with E-state index in [0.29, 0.717) is 0 Å². The van der Waals surface area contributed by atoms with E-state index < -0.39 is 48.5 Å². The summed E-state index contributed by atoms with van der Waals surface area (Å²) in [6, 6.07) is -0.741. The van der Waals surface area contributed by atoms with Crippen LogP contribution in [0.2, 0.25) is 0 Å². The SMILES string of the molecule is CCOC(=O)CC(C)[C@@H]1CC(F)(F)CN1C(=O)OC(C)(C)C. The summed E-state index contributed by atoms with van der Waals surface area (Å²) in [5.41, 5.74) is -0.760. The van der Waals surface area contributed by atoms with Gasteiger partial charge in [0, 0.05) is 12.5 Å². The molecule has 1 amide bonds. The Kier molecular flexibility index (Phi) is 5.76. The average molecular weight is 321 g/mol. The minimum atomic E-state index is -2.97. The van der Waals surface area contributed by atoms with Gasteiger partial charge < -0.3 is 9.47 Å². The van der Waals surface area contributed by atoms with Crippen LogP contribution in [0.15, 0.2) is 0 Å². The third-order valence-electron chi connectivity index (χ3n) is 3.39. The molecule has 1 saturated heterocycles. The molecule has 0 aliphatic carbocycles. The molecular formula is C15H25F2NO4. The van der Waals surface area contributed by atoms with Crippen LogP contribution >= 0.6 is 0 Å². The number of amides is 1. The number of hydrogen-bond acceptors (Lipinski definition) is 4. The van der Waals surface area contributed by atoms with Crippen LogP contribution in [0.5, 0.6) is 0 Å². The van der Waals surface area contributed by atoms with E-state index in [0.717, 1.165) is 4.90 Å². The number of halogens is 2. The molecule has 0 aromatic heterocycles. The second-order valence-electron chi connectivity index (χ2n) is 6.72. The van der Waals surface area contributed by atoms with Gasteiger partial charge in [0.15, 0.2) is 0 Å². The molecule has 0 N–H and O–H groups in total. The summed E-state index contributed by atoms with van der Waals surface area (Å²) >= 11 is 0. The Morgan fingerprint density at radius 3 is 2.45 bits per heavy atom. The molecule has 2 atom stereocenters. The van der Waals surface area contributed by atoms with Gasteiger partial charge in [0.25, 0.3) is 5.92 Å². The number of rotatable bonds is 4. The van der Waals surface area contributed by atoms with Crippen molar-refractivity contribution >= 4 is 12.1 Å². The predicted molar refractivity (Wildman–Crippen MR) is 76.7 cm³/mol. The van der Waals surface area contributed by atoms with Crippen molar-refractivity contribution < 1.29 is 27.8 Å². The molecule has 128 valence electrons. The zero-order chi connectivity index (χ0) is 17.1. The van der Waals surface area contributed by atoms with E-state index >= 15 is 0 Å². The van der Waals surface area contributed by atoms with Crippen LogP contribution in [0.4, 0.5) is 13.6 Å². The lowest BCUT2D eigenvalue weighted by atomic mass is 9.95. The van der Waals surface area contributed by atoms with Gasteiger partial charge in [0.2, 0.25) is 0 Å². The fraction of sp³-hybridized carbons (Fsp3) is 0.867. The molecule has 1 fully saturated rings. The number of esters is 1. The topological polar surface area (TPSA) is 55.8 Å². The standard InChI is InChI=1S/C15H25F2NO4/c1-6-21-12(19)7-10(2)11-8-15(16,17)9-18(11)13(20)22-14(3,4)5/h10-11H,6-9H2,1-5H3/t10?,11-/m0/s1. The predicted octanol–water partition coefficient (Wildman–Crippen LogP) is 3.22. The number of ether oxygens (including phenoxy) is 2. The highest BCUT2D eigenvalue weighted by molar-refractivity contribution is 5.71. The Bertz CT molecular complexity index is 420. The molecule has 0 aromatic rings. The van der Waals surface area contributed by atoms with Gasteiger partial charge in [-0.2, -0.15) is 0 Å². The van der Waals surface area contributed by atoms with E-state index in [1.54, 1.807) is 34.6 Å².